The van der Waals surface area contributed by atoms with Crippen LogP contribution in [0.15, 0.2) is 42.5 Å². The minimum absolute atomic E-state index is 0.397. The first-order valence-corrected chi connectivity index (χ1v) is 4.45. The molecule has 2 aromatic carbocycles. The highest BCUT2D eigenvalue weighted by Gasteiger charge is 2.04. The topological polar surface area (TPSA) is 22.3 Å². The van der Waals surface area contributed by atoms with Crippen LogP contribution in [0.4, 0.5) is 0 Å². The second kappa shape index (κ2) is 3.19. The van der Waals surface area contributed by atoms with Crippen LogP contribution in [0.1, 0.15) is 18.5 Å². The molecule has 1 unspecified atom stereocenters. The third-order valence-electron chi connectivity index (χ3n) is 2.27. The van der Waals surface area contributed by atoms with E-state index < -0.39 is 6.04 Å². The molecule has 0 fully saturated rings. The molecule has 0 bridgehead atoms. The van der Waals surface area contributed by atoms with Gasteiger partial charge in [-0.1, -0.05) is 42.5 Å². The van der Waals surface area contributed by atoms with E-state index in [-0.39, 0.29) is 0 Å². The lowest BCUT2D eigenvalue weighted by Crippen LogP contribution is -1.93. The van der Waals surface area contributed by atoms with E-state index in [9.17, 15) is 5.73 Å². The van der Waals surface area contributed by atoms with Crippen molar-refractivity contribution in [3.63, 3.8) is 0 Å². The lowest BCUT2D eigenvalue weighted by Gasteiger charge is -2.07. The molecule has 0 N–H and O–H groups in total. The van der Waals surface area contributed by atoms with Crippen LogP contribution < -0.4 is 5.73 Å². The molecule has 0 saturated carbocycles. The smallest absolute Gasteiger partial charge is 0.0660 e. The van der Waals surface area contributed by atoms with Gasteiger partial charge >= 0.3 is 0 Å². The van der Waals surface area contributed by atoms with Crippen LogP contribution in [-0.4, -0.2) is 0 Å². The van der Waals surface area contributed by atoms with Gasteiger partial charge in [-0.15, -0.1) is 5.73 Å². The van der Waals surface area contributed by atoms with Crippen LogP contribution in [0.3, 0.4) is 0 Å². The Kier molecular flexibility index (Phi) is 2.03. The van der Waals surface area contributed by atoms with Gasteiger partial charge in [0.05, 0.1) is 6.04 Å². The van der Waals surface area contributed by atoms with Crippen LogP contribution in [0.5, 0.6) is 0 Å². The summed E-state index contributed by atoms with van der Waals surface area (Å²) >= 11 is 0. The first-order chi connectivity index (χ1) is 6.29. The quantitative estimate of drug-likeness (QED) is 0.626. The second-order valence-electron chi connectivity index (χ2n) is 3.24. The fourth-order valence-corrected chi connectivity index (χ4v) is 1.61. The van der Waals surface area contributed by atoms with Gasteiger partial charge < -0.3 is 0 Å². The fraction of sp³-hybridized carbons (Fsp3) is 0.167. The maximum absolute atomic E-state index is 9.52. The molecular formula is C12H11N. The van der Waals surface area contributed by atoms with E-state index in [1.54, 1.807) is 6.92 Å². The minimum atomic E-state index is -0.397. The maximum atomic E-state index is 9.52. The zero-order chi connectivity index (χ0) is 9.26. The van der Waals surface area contributed by atoms with Crippen LogP contribution in [0.2, 0.25) is 0 Å². The first kappa shape index (κ1) is 8.27. The molecular weight excluding hydrogens is 158 g/mol. The molecule has 13 heavy (non-hydrogen) atoms. The highest BCUT2D eigenvalue weighted by molar-refractivity contribution is 5.85. The minimum Gasteiger partial charge on any atom is -0.136 e. The third kappa shape index (κ3) is 1.43. The summed E-state index contributed by atoms with van der Waals surface area (Å²) in [6.45, 7) is 1.79. The van der Waals surface area contributed by atoms with Crippen molar-refractivity contribution < 1.29 is 0 Å². The van der Waals surface area contributed by atoms with Crippen LogP contribution in [0, 0.1) is 0 Å². The zero-order valence-electron chi connectivity index (χ0n) is 7.57. The average Bonchev–Trinajstić information content (AvgIpc) is 2.17. The number of rotatable bonds is 1. The van der Waals surface area contributed by atoms with E-state index in [0.717, 1.165) is 10.9 Å². The molecule has 0 spiro atoms. The van der Waals surface area contributed by atoms with Crippen molar-refractivity contribution in [3.05, 3.63) is 48.0 Å². The van der Waals surface area contributed by atoms with Crippen molar-refractivity contribution in [1.82, 2.24) is 5.73 Å². The van der Waals surface area contributed by atoms with E-state index in [4.69, 9.17) is 0 Å². The summed E-state index contributed by atoms with van der Waals surface area (Å²) in [6.07, 6.45) is 0. The average molecular weight is 169 g/mol. The molecule has 0 amide bonds. The third-order valence-corrected chi connectivity index (χ3v) is 2.27. The summed E-state index contributed by atoms with van der Waals surface area (Å²) in [7, 11) is 0. The number of nitrogens with zero attached hydrogens (tertiary/aromatic N) is 1. The van der Waals surface area contributed by atoms with E-state index in [2.05, 4.69) is 12.1 Å². The predicted octanol–water partition coefficient (Wildman–Crippen LogP) is 2.97. The van der Waals surface area contributed by atoms with Gasteiger partial charge in [0.15, 0.2) is 0 Å². The Bertz CT molecular complexity index is 413. The lowest BCUT2D eigenvalue weighted by atomic mass is 10.0. The van der Waals surface area contributed by atoms with E-state index in [1.165, 1.54) is 5.39 Å². The van der Waals surface area contributed by atoms with Gasteiger partial charge in [0.25, 0.3) is 0 Å². The summed E-state index contributed by atoms with van der Waals surface area (Å²) in [5.74, 6) is 0. The Labute approximate surface area is 78.2 Å². The van der Waals surface area contributed by atoms with E-state index in [0.29, 0.717) is 0 Å². The highest BCUT2D eigenvalue weighted by atomic mass is 14.6. The van der Waals surface area contributed by atoms with Gasteiger partial charge in [0.1, 0.15) is 0 Å². The van der Waals surface area contributed by atoms with E-state index in [1.807, 2.05) is 30.3 Å². The van der Waals surface area contributed by atoms with Crippen molar-refractivity contribution >= 4 is 10.8 Å². The number of benzene rings is 2. The Morgan fingerprint density at radius 3 is 2.46 bits per heavy atom. The summed E-state index contributed by atoms with van der Waals surface area (Å²) in [4.78, 5) is 0. The Hall–Kier alpha value is -1.34. The van der Waals surface area contributed by atoms with Crippen molar-refractivity contribution in [3.8, 4) is 0 Å². The molecule has 0 heterocycles. The molecule has 0 aromatic heterocycles. The lowest BCUT2D eigenvalue weighted by molar-refractivity contribution is 0.795. The predicted molar refractivity (Wildman–Crippen MR) is 54.5 cm³/mol. The van der Waals surface area contributed by atoms with Gasteiger partial charge in [-0.05, 0) is 23.3 Å². The Balaban J connectivity index is 2.76. The van der Waals surface area contributed by atoms with Gasteiger partial charge in [0, 0.05) is 0 Å². The number of fused-ring (bicyclic) bond motifs is 1. The summed E-state index contributed by atoms with van der Waals surface area (Å²) in [5.41, 5.74) is 10.5. The maximum Gasteiger partial charge on any atom is 0.0660 e. The van der Waals surface area contributed by atoms with Crippen molar-refractivity contribution in [2.45, 2.75) is 13.0 Å². The van der Waals surface area contributed by atoms with Crippen LogP contribution >= 0.6 is 0 Å². The summed E-state index contributed by atoms with van der Waals surface area (Å²) < 4.78 is 0. The second-order valence-corrected chi connectivity index (χ2v) is 3.24. The normalized spacial score (nSPS) is 13.1. The first-order valence-electron chi connectivity index (χ1n) is 4.45. The van der Waals surface area contributed by atoms with Crippen LogP contribution in [-0.2, 0) is 0 Å². The summed E-state index contributed by atoms with van der Waals surface area (Å²) in [5, 5.41) is 2.32. The number of hydrogen-bond donors (Lipinski definition) is 0. The van der Waals surface area contributed by atoms with Crippen molar-refractivity contribution in [2.75, 3.05) is 0 Å². The van der Waals surface area contributed by atoms with Crippen molar-refractivity contribution in [2.24, 2.45) is 0 Å². The monoisotopic (exact) mass is 169 g/mol. The van der Waals surface area contributed by atoms with Crippen LogP contribution in [0.25, 0.3) is 10.8 Å². The fourth-order valence-electron chi connectivity index (χ4n) is 1.61. The molecule has 1 atom stereocenters. The largest absolute Gasteiger partial charge is 0.136 e. The van der Waals surface area contributed by atoms with Gasteiger partial charge in [0.2, 0.25) is 0 Å². The molecule has 2 radical (unpaired) electrons. The molecule has 1 heteroatoms. The molecule has 0 aliphatic rings. The Morgan fingerprint density at radius 1 is 1.00 bits per heavy atom. The summed E-state index contributed by atoms with van der Waals surface area (Å²) in [6, 6.07) is 13.7. The van der Waals surface area contributed by atoms with Gasteiger partial charge in [-0.3, -0.25) is 0 Å². The molecule has 64 valence electrons. The molecule has 2 aromatic rings. The molecule has 0 saturated heterocycles. The Morgan fingerprint density at radius 2 is 1.69 bits per heavy atom. The standard InChI is InChI=1S/C12H11N/c1-9(13)11-8-4-6-10-5-2-3-7-12(10)11/h2-9H,1H3. The van der Waals surface area contributed by atoms with E-state index >= 15 is 0 Å². The molecule has 2 rings (SSSR count). The van der Waals surface area contributed by atoms with Gasteiger partial charge in [-0.25, -0.2) is 0 Å². The molecule has 1 nitrogen and oxygen atoms in total. The highest BCUT2D eigenvalue weighted by Crippen LogP contribution is 2.22. The SMILES string of the molecule is CC([N])c1cccc2ccccc12. The molecule has 0 aliphatic carbocycles. The molecule has 0 aliphatic heterocycles. The van der Waals surface area contributed by atoms with Crippen molar-refractivity contribution in [1.29, 1.82) is 0 Å². The van der Waals surface area contributed by atoms with Gasteiger partial charge in [-0.2, -0.15) is 0 Å². The zero-order valence-corrected chi connectivity index (χ0v) is 7.57. The number of hydrogen-bond acceptors (Lipinski definition) is 0.